The molecule has 1 heterocycles. The Morgan fingerprint density at radius 1 is 1.39 bits per heavy atom. The van der Waals surface area contributed by atoms with Crippen LogP contribution in [0.25, 0.3) is 0 Å². The SMILES string of the molecule is Cc1ccnc(NS(=O)(=O)CCCNC(C)C)c1. The number of aromatic nitrogens is 1. The molecule has 2 N–H and O–H groups in total. The van der Waals surface area contributed by atoms with Crippen LogP contribution in [0.2, 0.25) is 0 Å². The fourth-order valence-corrected chi connectivity index (χ4v) is 2.51. The molecule has 0 aromatic carbocycles. The molecule has 1 rings (SSSR count). The summed E-state index contributed by atoms with van der Waals surface area (Å²) in [5, 5.41) is 3.18. The van der Waals surface area contributed by atoms with Crippen LogP contribution in [0.4, 0.5) is 5.82 Å². The molecule has 0 aliphatic carbocycles. The lowest BCUT2D eigenvalue weighted by Gasteiger charge is -2.09. The largest absolute Gasteiger partial charge is 0.314 e. The number of rotatable bonds is 7. The van der Waals surface area contributed by atoms with Gasteiger partial charge >= 0.3 is 0 Å². The maximum atomic E-state index is 11.8. The maximum Gasteiger partial charge on any atom is 0.233 e. The number of hydrogen-bond donors (Lipinski definition) is 2. The summed E-state index contributed by atoms with van der Waals surface area (Å²) in [7, 11) is -3.30. The molecule has 0 saturated carbocycles. The zero-order valence-corrected chi connectivity index (χ0v) is 11.9. The van der Waals surface area contributed by atoms with Gasteiger partial charge in [-0.2, -0.15) is 0 Å². The van der Waals surface area contributed by atoms with Crippen LogP contribution in [0.3, 0.4) is 0 Å². The van der Waals surface area contributed by atoms with Crippen molar-refractivity contribution in [3.63, 3.8) is 0 Å². The number of sulfonamides is 1. The molecule has 0 fully saturated rings. The van der Waals surface area contributed by atoms with Crippen LogP contribution in [0.1, 0.15) is 25.8 Å². The summed E-state index contributed by atoms with van der Waals surface area (Å²) in [5.41, 5.74) is 0.976. The molecular weight excluding hydrogens is 250 g/mol. The molecule has 102 valence electrons. The highest BCUT2D eigenvalue weighted by Gasteiger charge is 2.10. The molecule has 0 amide bonds. The Morgan fingerprint density at radius 2 is 2.11 bits per heavy atom. The quantitative estimate of drug-likeness (QED) is 0.738. The molecule has 0 atom stereocenters. The van der Waals surface area contributed by atoms with Crippen molar-refractivity contribution in [3.8, 4) is 0 Å². The van der Waals surface area contributed by atoms with Gasteiger partial charge in [-0.3, -0.25) is 4.72 Å². The fourth-order valence-electron chi connectivity index (χ4n) is 1.46. The van der Waals surface area contributed by atoms with E-state index in [0.29, 0.717) is 24.8 Å². The number of nitrogens with one attached hydrogen (secondary N) is 2. The Bertz CT molecular complexity index is 472. The van der Waals surface area contributed by atoms with Crippen molar-refractivity contribution in [2.45, 2.75) is 33.2 Å². The fraction of sp³-hybridized carbons (Fsp3) is 0.583. The summed E-state index contributed by atoms with van der Waals surface area (Å²) in [6.45, 7) is 6.65. The van der Waals surface area contributed by atoms with Crippen molar-refractivity contribution in [1.29, 1.82) is 0 Å². The first kappa shape index (κ1) is 14.9. The highest BCUT2D eigenvalue weighted by atomic mass is 32.2. The third-order valence-electron chi connectivity index (χ3n) is 2.32. The van der Waals surface area contributed by atoms with Crippen molar-refractivity contribution in [1.82, 2.24) is 10.3 Å². The van der Waals surface area contributed by atoms with Crippen LogP contribution in [0.15, 0.2) is 18.3 Å². The van der Waals surface area contributed by atoms with Crippen LogP contribution >= 0.6 is 0 Å². The van der Waals surface area contributed by atoms with E-state index in [-0.39, 0.29) is 5.75 Å². The van der Waals surface area contributed by atoms with Crippen LogP contribution in [-0.4, -0.2) is 31.7 Å². The lowest BCUT2D eigenvalue weighted by molar-refractivity contribution is 0.571. The van der Waals surface area contributed by atoms with Gasteiger partial charge in [-0.05, 0) is 37.6 Å². The molecule has 1 aromatic heterocycles. The molecule has 0 aliphatic rings. The lowest BCUT2D eigenvalue weighted by Crippen LogP contribution is -2.26. The van der Waals surface area contributed by atoms with Crippen LogP contribution in [0, 0.1) is 6.92 Å². The molecule has 0 radical (unpaired) electrons. The molecule has 0 aliphatic heterocycles. The summed E-state index contributed by atoms with van der Waals surface area (Å²) in [6.07, 6.45) is 2.17. The molecular formula is C12H21N3O2S. The topological polar surface area (TPSA) is 71.1 Å². The minimum atomic E-state index is -3.30. The standard InChI is InChI=1S/C12H21N3O2S/c1-10(2)13-6-4-8-18(16,17)15-12-9-11(3)5-7-14-12/h5,7,9-10,13H,4,6,8H2,1-3H3,(H,14,15). The van der Waals surface area contributed by atoms with Crippen LogP contribution < -0.4 is 10.0 Å². The van der Waals surface area contributed by atoms with Gasteiger partial charge in [0.15, 0.2) is 0 Å². The van der Waals surface area contributed by atoms with E-state index in [1.54, 1.807) is 12.3 Å². The summed E-state index contributed by atoms with van der Waals surface area (Å²) in [5.74, 6) is 0.481. The molecule has 0 bridgehead atoms. The van der Waals surface area contributed by atoms with Crippen molar-refractivity contribution in [2.24, 2.45) is 0 Å². The van der Waals surface area contributed by atoms with Gasteiger partial charge in [0.05, 0.1) is 5.75 Å². The zero-order valence-electron chi connectivity index (χ0n) is 11.1. The second kappa shape index (κ2) is 6.70. The number of pyridine rings is 1. The Kier molecular flexibility index (Phi) is 5.55. The summed E-state index contributed by atoms with van der Waals surface area (Å²) >= 11 is 0. The Morgan fingerprint density at radius 3 is 2.72 bits per heavy atom. The van der Waals surface area contributed by atoms with Gasteiger partial charge in [-0.1, -0.05) is 13.8 Å². The predicted molar refractivity (Wildman–Crippen MR) is 74.1 cm³/mol. The third kappa shape index (κ3) is 5.97. The van der Waals surface area contributed by atoms with Crippen molar-refractivity contribution < 1.29 is 8.42 Å². The summed E-state index contributed by atoms with van der Waals surface area (Å²) < 4.78 is 26.0. The van der Waals surface area contributed by atoms with Gasteiger partial charge in [0.25, 0.3) is 0 Å². The minimum absolute atomic E-state index is 0.0995. The maximum absolute atomic E-state index is 11.8. The van der Waals surface area contributed by atoms with Crippen LogP contribution in [0.5, 0.6) is 0 Å². The van der Waals surface area contributed by atoms with E-state index in [1.807, 2.05) is 26.8 Å². The van der Waals surface area contributed by atoms with Gasteiger partial charge < -0.3 is 5.32 Å². The molecule has 0 saturated heterocycles. The predicted octanol–water partition coefficient (Wildman–Crippen LogP) is 1.52. The van der Waals surface area contributed by atoms with Gasteiger partial charge in [0.1, 0.15) is 5.82 Å². The highest BCUT2D eigenvalue weighted by molar-refractivity contribution is 7.92. The third-order valence-corrected chi connectivity index (χ3v) is 3.66. The highest BCUT2D eigenvalue weighted by Crippen LogP contribution is 2.08. The average Bonchev–Trinajstić information content (AvgIpc) is 2.23. The first-order valence-corrected chi connectivity index (χ1v) is 7.71. The van der Waals surface area contributed by atoms with E-state index in [1.165, 1.54) is 0 Å². The molecule has 0 spiro atoms. The van der Waals surface area contributed by atoms with Crippen molar-refractivity contribution >= 4 is 15.8 Å². The molecule has 0 unspecified atom stereocenters. The molecule has 18 heavy (non-hydrogen) atoms. The average molecular weight is 271 g/mol. The molecule has 6 heteroatoms. The van der Waals surface area contributed by atoms with Crippen LogP contribution in [-0.2, 0) is 10.0 Å². The Balaban J connectivity index is 2.45. The first-order chi connectivity index (χ1) is 8.39. The van der Waals surface area contributed by atoms with E-state index in [0.717, 1.165) is 5.56 Å². The zero-order chi connectivity index (χ0) is 13.6. The van der Waals surface area contributed by atoms with E-state index < -0.39 is 10.0 Å². The van der Waals surface area contributed by atoms with E-state index in [2.05, 4.69) is 15.0 Å². The number of nitrogens with zero attached hydrogens (tertiary/aromatic N) is 1. The minimum Gasteiger partial charge on any atom is -0.314 e. The van der Waals surface area contributed by atoms with Crippen molar-refractivity contribution in [2.75, 3.05) is 17.0 Å². The van der Waals surface area contributed by atoms with E-state index in [4.69, 9.17) is 0 Å². The number of aryl methyl sites for hydroxylation is 1. The second-order valence-electron chi connectivity index (χ2n) is 4.60. The van der Waals surface area contributed by atoms with Crippen molar-refractivity contribution in [3.05, 3.63) is 23.9 Å². The van der Waals surface area contributed by atoms with Gasteiger partial charge in [-0.25, -0.2) is 13.4 Å². The molecule has 1 aromatic rings. The second-order valence-corrected chi connectivity index (χ2v) is 6.44. The van der Waals surface area contributed by atoms with E-state index >= 15 is 0 Å². The lowest BCUT2D eigenvalue weighted by atomic mass is 10.3. The molecule has 5 nitrogen and oxygen atoms in total. The smallest absolute Gasteiger partial charge is 0.233 e. The normalized spacial score (nSPS) is 11.8. The monoisotopic (exact) mass is 271 g/mol. The van der Waals surface area contributed by atoms with Gasteiger partial charge in [0.2, 0.25) is 10.0 Å². The van der Waals surface area contributed by atoms with Gasteiger partial charge in [0, 0.05) is 12.2 Å². The Labute approximate surface area is 109 Å². The summed E-state index contributed by atoms with van der Waals surface area (Å²) in [4.78, 5) is 3.98. The van der Waals surface area contributed by atoms with Gasteiger partial charge in [-0.15, -0.1) is 0 Å². The van der Waals surface area contributed by atoms with E-state index in [9.17, 15) is 8.42 Å². The first-order valence-electron chi connectivity index (χ1n) is 6.05. The summed E-state index contributed by atoms with van der Waals surface area (Å²) in [6, 6.07) is 3.91. The Hall–Kier alpha value is -1.14. The number of anilines is 1. The number of hydrogen-bond acceptors (Lipinski definition) is 4.